The van der Waals surface area contributed by atoms with Gasteiger partial charge >= 0.3 is 0 Å². The van der Waals surface area contributed by atoms with Gasteiger partial charge in [-0.05, 0) is 109 Å². The van der Waals surface area contributed by atoms with Gasteiger partial charge in [-0.2, -0.15) is 0 Å². The first-order chi connectivity index (χ1) is 29.2. The summed E-state index contributed by atoms with van der Waals surface area (Å²) in [5, 5.41) is 10.7. The number of hydrogen-bond donors (Lipinski definition) is 1. The summed E-state index contributed by atoms with van der Waals surface area (Å²) in [7, 11) is 1.40. The van der Waals surface area contributed by atoms with Gasteiger partial charge in [0.25, 0.3) is 0 Å². The summed E-state index contributed by atoms with van der Waals surface area (Å²) < 4.78 is 17.4. The predicted molar refractivity (Wildman–Crippen MR) is 221 cm³/mol. The second-order valence-corrected chi connectivity index (χ2v) is 16.1. The van der Waals surface area contributed by atoms with E-state index >= 15 is 0 Å². The lowest BCUT2D eigenvalue weighted by Crippen LogP contribution is -2.43. The number of oxazole rings is 2. The zero-order chi connectivity index (χ0) is 41.0. The van der Waals surface area contributed by atoms with Gasteiger partial charge in [-0.3, -0.25) is 29.0 Å². The van der Waals surface area contributed by atoms with Crippen molar-refractivity contribution in [2.75, 3.05) is 16.9 Å². The Morgan fingerprint density at radius 2 is 1.20 bits per heavy atom. The van der Waals surface area contributed by atoms with Crippen LogP contribution in [-0.4, -0.2) is 45.8 Å². The minimum atomic E-state index is -0.860. The summed E-state index contributed by atoms with van der Waals surface area (Å²) in [5.41, 5.74) is 6.21. The average Bonchev–Trinajstić information content (AvgIpc) is 4.03. The van der Waals surface area contributed by atoms with Crippen LogP contribution in [-0.2, 0) is 19.2 Å². The van der Waals surface area contributed by atoms with Crippen molar-refractivity contribution in [3.63, 3.8) is 0 Å². The molecule has 4 aliphatic rings. The predicted octanol–water partition coefficient (Wildman–Crippen LogP) is 8.72. The van der Waals surface area contributed by atoms with Gasteiger partial charge in [0, 0.05) is 17.0 Å². The third-order valence-electron chi connectivity index (χ3n) is 12.6. The standard InChI is InChI=1S/C47H33ClN4O8/c1-58-37-21-25(20-32(48)41(37)53)38-28-18-19-29-39(46(56)51(44(29)54)26-14-10-23(11-15-26)42-49-33-6-2-4-8-35(33)59-42)30(28)22-31-40(38)47(57)52(45(31)55)27-16-12-24(13-17-27)43-50-34-7-3-5-9-36(34)60-43/h2-18,20-21,29-31,38-40,53H,19,22H2,1H3. The van der Waals surface area contributed by atoms with Crippen LogP contribution in [0.15, 0.2) is 130 Å². The maximum absolute atomic E-state index is 14.7. The Balaban J connectivity index is 0.943. The van der Waals surface area contributed by atoms with Gasteiger partial charge in [0.1, 0.15) is 11.0 Å². The van der Waals surface area contributed by atoms with Crippen LogP contribution >= 0.6 is 11.6 Å². The number of aromatic nitrogens is 2. The van der Waals surface area contributed by atoms with Gasteiger partial charge in [0.15, 0.2) is 22.7 Å². The molecule has 2 aliphatic heterocycles. The Hall–Kier alpha value is -7.05. The largest absolute Gasteiger partial charge is 0.503 e. The molecule has 4 amide bonds. The number of anilines is 2. The molecule has 1 N–H and O–H groups in total. The number of aromatic hydroxyl groups is 1. The quantitative estimate of drug-likeness (QED) is 0.127. The minimum absolute atomic E-state index is 0.0142. The molecule has 0 bridgehead atoms. The number of imide groups is 2. The van der Waals surface area contributed by atoms with Gasteiger partial charge < -0.3 is 18.7 Å². The van der Waals surface area contributed by atoms with Crippen LogP contribution in [0.5, 0.6) is 11.5 Å². The summed E-state index contributed by atoms with van der Waals surface area (Å²) in [6.45, 7) is 0. The number of para-hydroxylation sites is 4. The van der Waals surface area contributed by atoms with Crippen LogP contribution in [0, 0.1) is 29.6 Å². The van der Waals surface area contributed by atoms with Crippen LogP contribution < -0.4 is 14.5 Å². The Morgan fingerprint density at radius 3 is 1.75 bits per heavy atom. The molecule has 2 aromatic heterocycles. The highest BCUT2D eigenvalue weighted by Gasteiger charge is 2.62. The molecule has 12 nitrogen and oxygen atoms in total. The van der Waals surface area contributed by atoms with E-state index in [4.69, 9.17) is 25.2 Å². The summed E-state index contributed by atoms with van der Waals surface area (Å²) in [5.74, 6) is -5.20. The highest BCUT2D eigenvalue weighted by molar-refractivity contribution is 6.32. The van der Waals surface area contributed by atoms with Gasteiger partial charge in [-0.1, -0.05) is 47.5 Å². The van der Waals surface area contributed by atoms with Gasteiger partial charge in [0.2, 0.25) is 35.4 Å². The Bertz CT molecular complexity index is 2920. The first-order valence-corrected chi connectivity index (χ1v) is 20.0. The molecular formula is C47H33ClN4O8. The van der Waals surface area contributed by atoms with Gasteiger partial charge in [0.05, 0.1) is 47.2 Å². The number of allylic oxidation sites excluding steroid dienone is 2. The SMILES string of the molecule is COc1cc(C2C3=CCC4C(=O)N(c5ccc(-c6nc7ccccc7o6)cc5)C(=O)C4C3CC3C(=O)N(c4ccc(-c5nc6ccccc6o5)cc4)C(=O)C32)cc(Cl)c1O. The number of amides is 4. The van der Waals surface area contributed by atoms with E-state index in [0.29, 0.717) is 56.5 Å². The molecule has 2 aliphatic carbocycles. The van der Waals surface area contributed by atoms with Crippen molar-refractivity contribution < 1.29 is 37.9 Å². The first-order valence-electron chi connectivity index (χ1n) is 19.6. The molecule has 0 radical (unpaired) electrons. The van der Waals surface area contributed by atoms with Crippen molar-refractivity contribution in [3.05, 3.63) is 131 Å². The number of phenols is 1. The van der Waals surface area contributed by atoms with E-state index in [-0.39, 0.29) is 41.2 Å². The summed E-state index contributed by atoms with van der Waals surface area (Å²) in [6, 6.07) is 32.0. The summed E-state index contributed by atoms with van der Waals surface area (Å²) in [4.78, 5) is 69.9. The number of hydrogen-bond acceptors (Lipinski definition) is 10. The lowest BCUT2D eigenvalue weighted by molar-refractivity contribution is -0.126. The second kappa shape index (κ2) is 13.5. The third-order valence-corrected chi connectivity index (χ3v) is 12.9. The van der Waals surface area contributed by atoms with Crippen LogP contribution in [0.4, 0.5) is 11.4 Å². The van der Waals surface area contributed by atoms with Crippen molar-refractivity contribution in [3.8, 4) is 34.4 Å². The molecule has 60 heavy (non-hydrogen) atoms. The van der Waals surface area contributed by atoms with Crippen LogP contribution in [0.2, 0.25) is 5.02 Å². The van der Waals surface area contributed by atoms with Crippen LogP contribution in [0.25, 0.3) is 45.1 Å². The topological polar surface area (TPSA) is 156 Å². The lowest BCUT2D eigenvalue weighted by Gasteiger charge is -2.44. The fraction of sp³-hybridized carbons (Fsp3) is 0.191. The van der Waals surface area contributed by atoms with Gasteiger partial charge in [-0.25, -0.2) is 9.97 Å². The smallest absolute Gasteiger partial charge is 0.238 e. The van der Waals surface area contributed by atoms with E-state index in [2.05, 4.69) is 9.97 Å². The van der Waals surface area contributed by atoms with Gasteiger partial charge in [-0.15, -0.1) is 0 Å². The van der Waals surface area contributed by atoms with E-state index in [9.17, 15) is 24.3 Å². The fourth-order valence-electron chi connectivity index (χ4n) is 9.90. The molecule has 7 aromatic rings. The molecule has 5 aromatic carbocycles. The number of nitrogens with zero attached hydrogens (tertiary/aromatic N) is 4. The number of fused-ring (bicyclic) bond motifs is 6. The number of ether oxygens (including phenoxy) is 1. The Morgan fingerprint density at radius 1 is 0.667 bits per heavy atom. The molecule has 3 fully saturated rings. The molecular weight excluding hydrogens is 784 g/mol. The number of carbonyl (C=O) groups excluding carboxylic acids is 4. The second-order valence-electron chi connectivity index (χ2n) is 15.7. The highest BCUT2D eigenvalue weighted by atomic mass is 35.5. The van der Waals surface area contributed by atoms with E-state index in [1.807, 2.05) is 54.6 Å². The zero-order valence-electron chi connectivity index (χ0n) is 31.8. The first kappa shape index (κ1) is 36.1. The average molecular weight is 817 g/mol. The molecule has 4 heterocycles. The molecule has 11 rings (SSSR count). The van der Waals surface area contributed by atoms with Crippen molar-refractivity contribution in [2.24, 2.45) is 29.6 Å². The highest BCUT2D eigenvalue weighted by Crippen LogP contribution is 2.59. The molecule has 1 saturated carbocycles. The van der Waals surface area contributed by atoms with Crippen LogP contribution in [0.3, 0.4) is 0 Å². The van der Waals surface area contributed by atoms with Crippen molar-refractivity contribution in [2.45, 2.75) is 18.8 Å². The summed E-state index contributed by atoms with van der Waals surface area (Å²) in [6.07, 6.45) is 2.40. The molecule has 2 saturated heterocycles. The van der Waals surface area contributed by atoms with Crippen LogP contribution in [0.1, 0.15) is 24.3 Å². The molecule has 0 spiro atoms. The molecule has 13 heteroatoms. The number of carbonyl (C=O) groups is 4. The molecule has 6 atom stereocenters. The maximum Gasteiger partial charge on any atom is 0.238 e. The number of methoxy groups -OCH3 is 1. The Kier molecular flexibility index (Phi) is 8.11. The van der Waals surface area contributed by atoms with Crippen molar-refractivity contribution in [1.29, 1.82) is 0 Å². The van der Waals surface area contributed by atoms with E-state index in [1.165, 1.54) is 16.9 Å². The summed E-state index contributed by atoms with van der Waals surface area (Å²) >= 11 is 6.57. The van der Waals surface area contributed by atoms with E-state index in [0.717, 1.165) is 11.1 Å². The number of halogens is 1. The van der Waals surface area contributed by atoms with E-state index < -0.39 is 47.3 Å². The third kappa shape index (κ3) is 5.36. The maximum atomic E-state index is 14.7. The molecule has 6 unspecified atom stereocenters. The number of phenolic OH excluding ortho intramolecular Hbond substituents is 1. The number of rotatable bonds is 6. The minimum Gasteiger partial charge on any atom is -0.503 e. The van der Waals surface area contributed by atoms with E-state index in [1.54, 1.807) is 60.7 Å². The van der Waals surface area contributed by atoms with Crippen molar-refractivity contribution in [1.82, 2.24) is 9.97 Å². The normalized spacial score (nSPS) is 23.6. The fourth-order valence-corrected chi connectivity index (χ4v) is 10.1. The lowest BCUT2D eigenvalue weighted by atomic mass is 9.57. The monoisotopic (exact) mass is 816 g/mol. The van der Waals surface area contributed by atoms with Crippen molar-refractivity contribution >= 4 is 68.8 Å². The molecule has 296 valence electrons. The number of benzene rings is 5. The Labute approximate surface area is 346 Å². The zero-order valence-corrected chi connectivity index (χ0v) is 32.6.